The highest BCUT2D eigenvalue weighted by atomic mass is 35.5. The second-order valence-electron chi connectivity index (χ2n) is 9.02. The fraction of sp³-hybridized carbons (Fsp3) is 0.185. The lowest BCUT2D eigenvalue weighted by molar-refractivity contribution is -0.118. The number of fused-ring (bicyclic) bond motifs is 1. The molecule has 4 aromatic rings. The van der Waals surface area contributed by atoms with Crippen molar-refractivity contribution in [2.24, 2.45) is 0 Å². The normalized spacial score (nSPS) is 11.5. The summed E-state index contributed by atoms with van der Waals surface area (Å²) in [5.41, 5.74) is 2.12. The van der Waals surface area contributed by atoms with Crippen LogP contribution in [-0.2, 0) is 10.2 Å². The van der Waals surface area contributed by atoms with Crippen LogP contribution in [0.4, 0.5) is 5.69 Å². The third kappa shape index (κ3) is 5.64. The molecule has 1 aromatic heterocycles. The van der Waals surface area contributed by atoms with Crippen LogP contribution in [0, 0.1) is 0 Å². The van der Waals surface area contributed by atoms with Crippen LogP contribution in [-0.4, -0.2) is 12.5 Å². The van der Waals surface area contributed by atoms with Crippen molar-refractivity contribution in [3.8, 4) is 17.1 Å². The average Bonchev–Trinajstić information content (AvgIpc) is 2.80. The summed E-state index contributed by atoms with van der Waals surface area (Å²) in [6.07, 6.45) is 0. The minimum absolute atomic E-state index is 0.0402. The molecule has 0 bridgehead atoms. The molecule has 3 aromatic carbocycles. The SMILES string of the molecule is CC(C)(C)c1ccc(-c2oc3ccc(Cl)cc3c(=O)c2OCC(=O)Nc2ccc(Cl)c(Cl)c2)cc1. The number of carbonyl (C=O) groups excluding carboxylic acids is 1. The molecule has 1 N–H and O–H groups in total. The molecule has 5 nitrogen and oxygen atoms in total. The van der Waals surface area contributed by atoms with Crippen LogP contribution in [0.5, 0.6) is 5.75 Å². The molecule has 0 saturated heterocycles. The Morgan fingerprint density at radius 2 is 1.66 bits per heavy atom. The number of amides is 1. The van der Waals surface area contributed by atoms with Crippen LogP contribution < -0.4 is 15.5 Å². The Morgan fingerprint density at radius 1 is 0.943 bits per heavy atom. The summed E-state index contributed by atoms with van der Waals surface area (Å²) >= 11 is 18.0. The first-order valence-corrected chi connectivity index (χ1v) is 11.9. The highest BCUT2D eigenvalue weighted by molar-refractivity contribution is 6.42. The van der Waals surface area contributed by atoms with Crippen molar-refractivity contribution in [1.29, 1.82) is 0 Å². The van der Waals surface area contributed by atoms with Crippen LogP contribution in [0.25, 0.3) is 22.3 Å². The molecule has 0 spiro atoms. The molecule has 0 aliphatic carbocycles. The predicted molar refractivity (Wildman–Crippen MR) is 142 cm³/mol. The van der Waals surface area contributed by atoms with Gasteiger partial charge < -0.3 is 14.5 Å². The molecule has 0 aliphatic heterocycles. The maximum atomic E-state index is 13.3. The summed E-state index contributed by atoms with van der Waals surface area (Å²) in [4.78, 5) is 25.9. The zero-order chi connectivity index (χ0) is 25.3. The molecule has 1 heterocycles. The number of carbonyl (C=O) groups is 1. The van der Waals surface area contributed by atoms with E-state index in [2.05, 4.69) is 26.1 Å². The van der Waals surface area contributed by atoms with Crippen molar-refractivity contribution in [1.82, 2.24) is 0 Å². The molecular formula is C27H22Cl3NO4. The Morgan fingerprint density at radius 3 is 2.31 bits per heavy atom. The molecule has 0 radical (unpaired) electrons. The second kappa shape index (κ2) is 9.94. The first kappa shape index (κ1) is 25.1. The molecular weight excluding hydrogens is 509 g/mol. The molecule has 0 unspecified atom stereocenters. The molecule has 1 amide bonds. The maximum Gasteiger partial charge on any atom is 0.262 e. The Hall–Kier alpha value is -2.99. The lowest BCUT2D eigenvalue weighted by Crippen LogP contribution is -2.22. The Balaban J connectivity index is 1.69. The number of hydrogen-bond donors (Lipinski definition) is 1. The molecule has 35 heavy (non-hydrogen) atoms. The minimum atomic E-state index is -0.483. The van der Waals surface area contributed by atoms with E-state index in [9.17, 15) is 9.59 Å². The van der Waals surface area contributed by atoms with Crippen molar-refractivity contribution in [3.05, 3.63) is 91.5 Å². The predicted octanol–water partition coefficient (Wildman–Crippen LogP) is 7.74. The number of rotatable bonds is 5. The highest BCUT2D eigenvalue weighted by Crippen LogP contribution is 2.33. The van der Waals surface area contributed by atoms with Crippen LogP contribution >= 0.6 is 34.8 Å². The Bertz CT molecular complexity index is 1470. The first-order valence-electron chi connectivity index (χ1n) is 10.8. The Labute approximate surface area is 217 Å². The summed E-state index contributed by atoms with van der Waals surface area (Å²) in [5, 5.41) is 3.98. The van der Waals surface area contributed by atoms with Gasteiger partial charge in [0.25, 0.3) is 5.91 Å². The van der Waals surface area contributed by atoms with E-state index in [1.165, 1.54) is 12.1 Å². The van der Waals surface area contributed by atoms with Gasteiger partial charge in [0.1, 0.15) is 5.58 Å². The van der Waals surface area contributed by atoms with E-state index in [4.69, 9.17) is 44.0 Å². The molecule has 0 aliphatic rings. The van der Waals surface area contributed by atoms with Gasteiger partial charge in [-0.2, -0.15) is 0 Å². The molecule has 0 atom stereocenters. The van der Waals surface area contributed by atoms with Gasteiger partial charge in [-0.15, -0.1) is 0 Å². The van der Waals surface area contributed by atoms with Crippen LogP contribution in [0.15, 0.2) is 69.9 Å². The molecule has 180 valence electrons. The van der Waals surface area contributed by atoms with Crippen molar-refractivity contribution < 1.29 is 13.9 Å². The van der Waals surface area contributed by atoms with E-state index in [0.29, 0.717) is 31.9 Å². The van der Waals surface area contributed by atoms with Gasteiger partial charge in [0.05, 0.1) is 15.4 Å². The standard InChI is InChI=1S/C27H22Cl3NO4/c1-27(2,3)16-6-4-15(5-7-16)25-26(24(33)19-12-17(28)8-11-22(19)35-25)34-14-23(32)31-18-9-10-20(29)21(30)13-18/h4-13H,14H2,1-3H3,(H,31,32). The smallest absolute Gasteiger partial charge is 0.262 e. The zero-order valence-electron chi connectivity index (χ0n) is 19.2. The number of benzene rings is 3. The fourth-order valence-corrected chi connectivity index (χ4v) is 3.97. The van der Waals surface area contributed by atoms with E-state index in [1.807, 2.05) is 24.3 Å². The minimum Gasteiger partial charge on any atom is -0.476 e. The van der Waals surface area contributed by atoms with Gasteiger partial charge in [-0.1, -0.05) is 79.8 Å². The van der Waals surface area contributed by atoms with Gasteiger partial charge in [-0.25, -0.2) is 0 Å². The van der Waals surface area contributed by atoms with E-state index in [1.54, 1.807) is 24.3 Å². The van der Waals surface area contributed by atoms with E-state index < -0.39 is 17.9 Å². The van der Waals surface area contributed by atoms with E-state index in [-0.39, 0.29) is 22.3 Å². The second-order valence-corrected chi connectivity index (χ2v) is 10.3. The molecule has 8 heteroatoms. The number of ether oxygens (including phenoxy) is 1. The molecule has 0 fully saturated rings. The summed E-state index contributed by atoms with van der Waals surface area (Å²) in [7, 11) is 0. The van der Waals surface area contributed by atoms with Gasteiger partial charge in [-0.3, -0.25) is 9.59 Å². The Kier molecular flexibility index (Phi) is 7.13. The van der Waals surface area contributed by atoms with Crippen molar-refractivity contribution in [2.45, 2.75) is 26.2 Å². The third-order valence-corrected chi connectivity index (χ3v) is 6.35. The number of nitrogens with one attached hydrogen (secondary N) is 1. The highest BCUT2D eigenvalue weighted by Gasteiger charge is 2.20. The van der Waals surface area contributed by atoms with Crippen molar-refractivity contribution >= 4 is 57.4 Å². The van der Waals surface area contributed by atoms with Gasteiger partial charge in [0.2, 0.25) is 11.2 Å². The lowest BCUT2D eigenvalue weighted by atomic mass is 9.86. The average molecular weight is 531 g/mol. The van der Waals surface area contributed by atoms with Crippen LogP contribution in [0.2, 0.25) is 15.1 Å². The summed E-state index contributed by atoms with van der Waals surface area (Å²) < 4.78 is 11.8. The lowest BCUT2D eigenvalue weighted by Gasteiger charge is -2.19. The summed E-state index contributed by atoms with van der Waals surface area (Å²) in [6, 6.07) is 17.2. The van der Waals surface area contributed by atoms with E-state index in [0.717, 1.165) is 5.56 Å². The van der Waals surface area contributed by atoms with Gasteiger partial charge in [0.15, 0.2) is 12.4 Å². The van der Waals surface area contributed by atoms with Crippen LogP contribution in [0.1, 0.15) is 26.3 Å². The molecule has 0 saturated carbocycles. The van der Waals surface area contributed by atoms with Crippen LogP contribution in [0.3, 0.4) is 0 Å². The number of hydrogen-bond acceptors (Lipinski definition) is 4. The van der Waals surface area contributed by atoms with E-state index >= 15 is 0 Å². The fourth-order valence-electron chi connectivity index (χ4n) is 3.50. The van der Waals surface area contributed by atoms with Crippen molar-refractivity contribution in [2.75, 3.05) is 11.9 Å². The van der Waals surface area contributed by atoms with Gasteiger partial charge in [0, 0.05) is 16.3 Å². The van der Waals surface area contributed by atoms with Crippen molar-refractivity contribution in [3.63, 3.8) is 0 Å². The number of anilines is 1. The summed E-state index contributed by atoms with van der Waals surface area (Å²) in [6.45, 7) is 5.92. The summed E-state index contributed by atoms with van der Waals surface area (Å²) in [5.74, 6) is -0.330. The zero-order valence-corrected chi connectivity index (χ0v) is 21.5. The largest absolute Gasteiger partial charge is 0.476 e. The monoisotopic (exact) mass is 529 g/mol. The molecule has 4 rings (SSSR count). The first-order chi connectivity index (χ1) is 16.5. The quantitative estimate of drug-likeness (QED) is 0.287. The topological polar surface area (TPSA) is 68.5 Å². The third-order valence-electron chi connectivity index (χ3n) is 5.37. The maximum absolute atomic E-state index is 13.3. The number of halogens is 3. The van der Waals surface area contributed by atoms with Gasteiger partial charge in [-0.05, 0) is 47.4 Å². The van der Waals surface area contributed by atoms with Gasteiger partial charge >= 0.3 is 0 Å².